The summed E-state index contributed by atoms with van der Waals surface area (Å²) in [6, 6.07) is 15.4. The summed E-state index contributed by atoms with van der Waals surface area (Å²) in [6.07, 6.45) is 0.628. The van der Waals surface area contributed by atoms with Gasteiger partial charge in [-0.05, 0) is 29.7 Å². The minimum absolute atomic E-state index is 0.0843. The molecule has 0 saturated carbocycles. The molecule has 2 aromatic carbocycles. The predicted octanol–water partition coefficient (Wildman–Crippen LogP) is 3.58. The lowest BCUT2D eigenvalue weighted by molar-refractivity contribution is -0.136. The molecule has 3 rings (SSSR count). The lowest BCUT2D eigenvalue weighted by atomic mass is 10.1. The highest BCUT2D eigenvalue weighted by Crippen LogP contribution is 2.34. The minimum Gasteiger partial charge on any atom is -0.507 e. The molecule has 0 spiro atoms. The minimum atomic E-state index is -0.887. The van der Waals surface area contributed by atoms with Crippen LogP contribution in [0.25, 0.3) is 10.9 Å². The Labute approximate surface area is 134 Å². The van der Waals surface area contributed by atoms with Gasteiger partial charge in [-0.25, -0.2) is 0 Å². The van der Waals surface area contributed by atoms with E-state index in [1.165, 1.54) is 0 Å². The first-order valence-electron chi connectivity index (χ1n) is 7.69. The molecule has 0 saturated heterocycles. The van der Waals surface area contributed by atoms with Gasteiger partial charge in [-0.1, -0.05) is 43.3 Å². The Balaban J connectivity index is 2.23. The van der Waals surface area contributed by atoms with Crippen LogP contribution in [0, 0.1) is 0 Å². The molecular weight excluding hydrogens is 290 g/mol. The van der Waals surface area contributed by atoms with E-state index >= 15 is 0 Å². The first kappa shape index (κ1) is 15.2. The number of rotatable bonds is 5. The van der Waals surface area contributed by atoms with Gasteiger partial charge in [0.1, 0.15) is 5.75 Å². The third kappa shape index (κ3) is 2.80. The highest BCUT2D eigenvalue weighted by atomic mass is 16.4. The number of carboxylic acid groups (broad SMARTS) is 1. The van der Waals surface area contributed by atoms with E-state index in [-0.39, 0.29) is 12.2 Å². The quantitative estimate of drug-likeness (QED) is 0.757. The molecule has 3 aromatic rings. The molecular formula is C19H19NO3. The van der Waals surface area contributed by atoms with Crippen LogP contribution in [0.5, 0.6) is 5.75 Å². The highest BCUT2D eigenvalue weighted by Gasteiger charge is 2.20. The second-order valence-electron chi connectivity index (χ2n) is 5.59. The molecule has 0 aliphatic carbocycles. The van der Waals surface area contributed by atoms with Crippen LogP contribution in [-0.2, 0) is 24.2 Å². The van der Waals surface area contributed by atoms with Gasteiger partial charge in [-0.2, -0.15) is 0 Å². The van der Waals surface area contributed by atoms with Gasteiger partial charge in [-0.15, -0.1) is 0 Å². The number of benzene rings is 2. The van der Waals surface area contributed by atoms with Crippen LogP contribution >= 0.6 is 0 Å². The van der Waals surface area contributed by atoms with Gasteiger partial charge in [0, 0.05) is 17.6 Å². The fourth-order valence-electron chi connectivity index (χ4n) is 3.21. The molecule has 0 atom stereocenters. The molecule has 1 heterocycles. The van der Waals surface area contributed by atoms with Gasteiger partial charge < -0.3 is 14.8 Å². The third-order valence-electron chi connectivity index (χ3n) is 4.13. The Morgan fingerprint density at radius 2 is 1.83 bits per heavy atom. The SMILES string of the molecule is CCc1c(CC(=O)O)c2c(O)cccc2n1Cc1ccccc1. The van der Waals surface area contributed by atoms with Crippen LogP contribution in [0.4, 0.5) is 0 Å². The number of aromatic hydroxyl groups is 1. The molecule has 1 aromatic heterocycles. The maximum atomic E-state index is 11.3. The van der Waals surface area contributed by atoms with E-state index in [0.29, 0.717) is 23.9 Å². The van der Waals surface area contributed by atoms with Crippen LogP contribution in [0.1, 0.15) is 23.7 Å². The van der Waals surface area contributed by atoms with Crippen molar-refractivity contribution in [2.75, 3.05) is 0 Å². The van der Waals surface area contributed by atoms with Gasteiger partial charge >= 0.3 is 5.97 Å². The largest absolute Gasteiger partial charge is 0.507 e. The summed E-state index contributed by atoms with van der Waals surface area (Å²) in [5, 5.41) is 20.2. The molecule has 0 amide bonds. The van der Waals surface area contributed by atoms with E-state index in [9.17, 15) is 15.0 Å². The van der Waals surface area contributed by atoms with E-state index < -0.39 is 5.97 Å². The van der Waals surface area contributed by atoms with Crippen molar-refractivity contribution in [2.45, 2.75) is 26.3 Å². The molecule has 0 radical (unpaired) electrons. The number of fused-ring (bicyclic) bond motifs is 1. The standard InChI is InChI=1S/C19H19NO3/c1-2-15-14(11-18(22)23)19-16(9-6-10-17(19)21)20(15)12-13-7-4-3-5-8-13/h3-10,21H,2,11-12H2,1H3,(H,22,23). The summed E-state index contributed by atoms with van der Waals surface area (Å²) < 4.78 is 2.11. The molecule has 2 N–H and O–H groups in total. The Hall–Kier alpha value is -2.75. The molecule has 0 aliphatic rings. The lowest BCUT2D eigenvalue weighted by Gasteiger charge is -2.11. The maximum absolute atomic E-state index is 11.3. The van der Waals surface area contributed by atoms with E-state index in [0.717, 1.165) is 16.8 Å². The number of nitrogens with zero attached hydrogens (tertiary/aromatic N) is 1. The number of phenols is 1. The number of hydrogen-bond acceptors (Lipinski definition) is 2. The monoisotopic (exact) mass is 309 g/mol. The van der Waals surface area contributed by atoms with Crippen LogP contribution in [0.3, 0.4) is 0 Å². The van der Waals surface area contributed by atoms with Crippen molar-refractivity contribution in [1.29, 1.82) is 0 Å². The van der Waals surface area contributed by atoms with Gasteiger partial charge in [0.05, 0.1) is 11.9 Å². The topological polar surface area (TPSA) is 62.5 Å². The Bertz CT molecular complexity index is 850. The number of aliphatic carboxylic acids is 1. The molecule has 118 valence electrons. The lowest BCUT2D eigenvalue weighted by Crippen LogP contribution is -2.07. The summed E-state index contributed by atoms with van der Waals surface area (Å²) >= 11 is 0. The second kappa shape index (κ2) is 6.16. The van der Waals surface area contributed by atoms with Gasteiger partial charge in [0.2, 0.25) is 0 Å². The fourth-order valence-corrected chi connectivity index (χ4v) is 3.21. The van der Waals surface area contributed by atoms with Crippen molar-refractivity contribution in [3.8, 4) is 5.75 Å². The van der Waals surface area contributed by atoms with Crippen LogP contribution in [-0.4, -0.2) is 20.7 Å². The number of hydrogen-bond donors (Lipinski definition) is 2. The zero-order valence-electron chi connectivity index (χ0n) is 13.0. The Morgan fingerprint density at radius 3 is 2.48 bits per heavy atom. The summed E-state index contributed by atoms with van der Waals surface area (Å²) in [5.41, 5.74) is 3.70. The maximum Gasteiger partial charge on any atom is 0.307 e. The van der Waals surface area contributed by atoms with Crippen molar-refractivity contribution in [3.63, 3.8) is 0 Å². The zero-order chi connectivity index (χ0) is 16.4. The summed E-state index contributed by atoms with van der Waals surface area (Å²) in [7, 11) is 0. The summed E-state index contributed by atoms with van der Waals surface area (Å²) in [6.45, 7) is 2.67. The smallest absolute Gasteiger partial charge is 0.307 e. The van der Waals surface area contributed by atoms with Crippen LogP contribution < -0.4 is 0 Å². The van der Waals surface area contributed by atoms with Gasteiger partial charge in [0.15, 0.2) is 0 Å². The zero-order valence-corrected chi connectivity index (χ0v) is 13.0. The van der Waals surface area contributed by atoms with Crippen LogP contribution in [0.15, 0.2) is 48.5 Å². The number of carboxylic acids is 1. The Morgan fingerprint density at radius 1 is 1.09 bits per heavy atom. The number of phenolic OH excluding ortho intramolecular Hbond substituents is 1. The molecule has 4 heteroatoms. The number of carbonyl (C=O) groups is 1. The van der Waals surface area contributed by atoms with Crippen molar-refractivity contribution < 1.29 is 15.0 Å². The molecule has 0 fully saturated rings. The molecule has 0 bridgehead atoms. The van der Waals surface area contributed by atoms with Gasteiger partial charge in [0.25, 0.3) is 0 Å². The first-order chi connectivity index (χ1) is 11.1. The average Bonchev–Trinajstić information content (AvgIpc) is 2.82. The van der Waals surface area contributed by atoms with Crippen molar-refractivity contribution >= 4 is 16.9 Å². The van der Waals surface area contributed by atoms with E-state index in [1.54, 1.807) is 12.1 Å². The normalized spacial score (nSPS) is 11.0. The molecule has 0 aliphatic heterocycles. The van der Waals surface area contributed by atoms with Gasteiger partial charge in [-0.3, -0.25) is 4.79 Å². The van der Waals surface area contributed by atoms with Crippen molar-refractivity contribution in [1.82, 2.24) is 4.57 Å². The van der Waals surface area contributed by atoms with E-state index in [2.05, 4.69) is 4.57 Å². The van der Waals surface area contributed by atoms with Crippen molar-refractivity contribution in [2.24, 2.45) is 0 Å². The predicted molar refractivity (Wildman–Crippen MR) is 89.9 cm³/mol. The molecule has 4 nitrogen and oxygen atoms in total. The first-order valence-corrected chi connectivity index (χ1v) is 7.69. The van der Waals surface area contributed by atoms with Crippen LogP contribution in [0.2, 0.25) is 0 Å². The van der Waals surface area contributed by atoms with E-state index in [1.807, 2.05) is 43.3 Å². The second-order valence-corrected chi connectivity index (χ2v) is 5.59. The summed E-state index contributed by atoms with van der Waals surface area (Å²) in [4.78, 5) is 11.3. The number of aromatic nitrogens is 1. The average molecular weight is 309 g/mol. The van der Waals surface area contributed by atoms with E-state index in [4.69, 9.17) is 0 Å². The third-order valence-corrected chi connectivity index (χ3v) is 4.13. The molecule has 23 heavy (non-hydrogen) atoms. The van der Waals surface area contributed by atoms with Crippen molar-refractivity contribution in [3.05, 3.63) is 65.4 Å². The molecule has 0 unspecified atom stereocenters. The fraction of sp³-hybridized carbons (Fsp3) is 0.211. The highest BCUT2D eigenvalue weighted by molar-refractivity contribution is 5.93. The summed E-state index contributed by atoms with van der Waals surface area (Å²) in [5.74, 6) is -0.748. The Kier molecular flexibility index (Phi) is 4.06.